The van der Waals surface area contributed by atoms with E-state index in [1.165, 1.54) is 0 Å². The van der Waals surface area contributed by atoms with Crippen molar-refractivity contribution < 1.29 is 18.7 Å². The number of aryl methyl sites for hydroxylation is 1. The van der Waals surface area contributed by atoms with Crippen LogP contribution in [-0.4, -0.2) is 58.7 Å². The molecule has 3 aliphatic heterocycles. The van der Waals surface area contributed by atoms with E-state index in [4.69, 9.17) is 0 Å². The summed E-state index contributed by atoms with van der Waals surface area (Å²) < 4.78 is 22.9. The van der Waals surface area contributed by atoms with E-state index in [1.54, 1.807) is 26.0 Å². The number of nitrogens with one attached hydrogen (secondary N) is 1. The van der Waals surface area contributed by atoms with Gasteiger partial charge in [0, 0.05) is 43.9 Å². The number of hydrogen-bond donors (Lipinski definition) is 2. The maximum absolute atomic E-state index is 12.8. The van der Waals surface area contributed by atoms with Crippen molar-refractivity contribution in [3.63, 3.8) is 0 Å². The molecule has 3 heterocycles. The second kappa shape index (κ2) is 11.3. The first-order chi connectivity index (χ1) is 15.7. The highest BCUT2D eigenvalue weighted by atomic mass is 31.1. The number of allylic oxidation sites excluding steroid dienone is 1. The maximum Gasteiger partial charge on any atom is 0.252 e. The molecule has 1 saturated heterocycles. The van der Waals surface area contributed by atoms with Gasteiger partial charge in [0.2, 0.25) is 6.43 Å². The van der Waals surface area contributed by atoms with Crippen LogP contribution in [-0.2, 0) is 4.79 Å². The lowest BCUT2D eigenvalue weighted by atomic mass is 10.1. The normalized spacial score (nSPS) is 24.2. The number of aromatic hydroxyl groups is 1. The van der Waals surface area contributed by atoms with Gasteiger partial charge in [-0.25, -0.2) is 8.78 Å². The zero-order valence-electron chi connectivity index (χ0n) is 19.7. The predicted octanol–water partition coefficient (Wildman–Crippen LogP) is 4.89. The summed E-state index contributed by atoms with van der Waals surface area (Å²) in [7, 11) is 0.495. The molecule has 33 heavy (non-hydrogen) atoms. The highest BCUT2D eigenvalue weighted by molar-refractivity contribution is 7.51. The molecular weight excluding hydrogens is 443 g/mol. The fourth-order valence-corrected chi connectivity index (χ4v) is 5.17. The Balaban J connectivity index is 0.000000383. The van der Waals surface area contributed by atoms with Gasteiger partial charge in [0.05, 0.1) is 11.5 Å². The van der Waals surface area contributed by atoms with E-state index < -0.39 is 12.3 Å². The molecule has 0 saturated carbocycles. The van der Waals surface area contributed by atoms with E-state index in [0.717, 1.165) is 41.8 Å². The van der Waals surface area contributed by atoms with E-state index in [-0.39, 0.29) is 17.4 Å². The zero-order chi connectivity index (χ0) is 24.1. The number of fused-ring (bicyclic) bond motifs is 1. The summed E-state index contributed by atoms with van der Waals surface area (Å²) in [5.74, 6) is -0.0305. The van der Waals surface area contributed by atoms with E-state index in [1.807, 2.05) is 30.2 Å². The molecule has 4 rings (SSSR count). The van der Waals surface area contributed by atoms with E-state index in [9.17, 15) is 18.7 Å². The smallest absolute Gasteiger partial charge is 0.252 e. The first kappa shape index (κ1) is 25.4. The molecule has 5 nitrogen and oxygen atoms in total. The minimum Gasteiger partial charge on any atom is -0.508 e. The monoisotopic (exact) mass is 477 g/mol. The third-order valence-corrected chi connectivity index (χ3v) is 7.67. The molecule has 1 amide bonds. The van der Waals surface area contributed by atoms with Gasteiger partial charge in [-0.2, -0.15) is 0 Å². The Labute approximate surface area is 197 Å². The average Bonchev–Trinajstić information content (AvgIpc) is 2.80. The number of phenols is 1. The van der Waals surface area contributed by atoms with Crippen molar-refractivity contribution in [3.8, 4) is 5.75 Å². The number of rotatable bonds is 4. The van der Waals surface area contributed by atoms with Crippen LogP contribution in [0.5, 0.6) is 5.75 Å². The third kappa shape index (κ3) is 6.42. The van der Waals surface area contributed by atoms with Gasteiger partial charge in [0.15, 0.2) is 0 Å². The second-order valence-electron chi connectivity index (χ2n) is 8.83. The first-order valence-electron chi connectivity index (χ1n) is 11.5. The van der Waals surface area contributed by atoms with Gasteiger partial charge in [-0.15, -0.1) is 0 Å². The molecule has 2 N–H and O–H groups in total. The quantitative estimate of drug-likeness (QED) is 0.607. The van der Waals surface area contributed by atoms with Crippen LogP contribution in [0.4, 0.5) is 8.78 Å². The summed E-state index contributed by atoms with van der Waals surface area (Å²) in [6, 6.07) is 6.00. The number of piperazine rings is 1. The van der Waals surface area contributed by atoms with Crippen molar-refractivity contribution in [1.82, 2.24) is 15.1 Å². The highest BCUT2D eigenvalue weighted by Gasteiger charge is 2.30. The zero-order valence-corrected chi connectivity index (χ0v) is 20.7. The van der Waals surface area contributed by atoms with Crippen LogP contribution < -0.4 is 5.32 Å². The van der Waals surface area contributed by atoms with Crippen LogP contribution in [0.3, 0.4) is 0 Å². The Hall–Kier alpha value is -2.24. The van der Waals surface area contributed by atoms with Crippen LogP contribution in [0.15, 0.2) is 48.3 Å². The van der Waals surface area contributed by atoms with Crippen LogP contribution >= 0.6 is 8.58 Å². The largest absolute Gasteiger partial charge is 0.508 e. The minimum absolute atomic E-state index is 0.0273. The molecule has 1 fully saturated rings. The summed E-state index contributed by atoms with van der Waals surface area (Å²) >= 11 is 0. The summed E-state index contributed by atoms with van der Waals surface area (Å²) in [4.78, 5) is 17.0. The molecule has 180 valence electrons. The Kier molecular flexibility index (Phi) is 8.66. The van der Waals surface area contributed by atoms with Crippen LogP contribution in [0.1, 0.15) is 38.3 Å². The summed E-state index contributed by atoms with van der Waals surface area (Å²) in [5.41, 5.74) is 2.97. The lowest BCUT2D eigenvalue weighted by molar-refractivity contribution is -0.123. The average molecular weight is 478 g/mol. The summed E-state index contributed by atoms with van der Waals surface area (Å²) in [5, 5.41) is 14.2. The van der Waals surface area contributed by atoms with Crippen molar-refractivity contribution in [2.75, 3.05) is 19.6 Å². The number of benzene rings is 1. The molecule has 0 aromatic heterocycles. The fourth-order valence-electron chi connectivity index (χ4n) is 3.79. The number of hydrogen-bond acceptors (Lipinski definition) is 4. The van der Waals surface area contributed by atoms with Gasteiger partial charge in [0.25, 0.3) is 5.91 Å². The molecule has 8 heteroatoms. The Morgan fingerprint density at radius 1 is 1.33 bits per heavy atom. The fraction of sp³-hybridized carbons (Fsp3) is 0.480. The molecule has 0 radical (unpaired) electrons. The molecule has 3 aliphatic rings. The van der Waals surface area contributed by atoms with Gasteiger partial charge >= 0.3 is 0 Å². The molecule has 4 atom stereocenters. The van der Waals surface area contributed by atoms with Gasteiger partial charge in [-0.3, -0.25) is 4.79 Å². The number of nitrogens with zero attached hydrogens (tertiary/aromatic N) is 2. The molecule has 3 unspecified atom stereocenters. The highest BCUT2D eigenvalue weighted by Crippen LogP contribution is 2.45. The van der Waals surface area contributed by atoms with Crippen molar-refractivity contribution in [2.24, 2.45) is 5.92 Å². The standard InChI is InChI=1S/C20H24N3O2P.C5H10F2/c1-13-9-15(3-5-17(13)24)18-10-19(25)23-12-16(4-6-20(23)26-18)22-8-7-21-14(2)11-22;1-3-4(2)5(6)7/h3-6,9-10,12,14,20-21,24,26H,7-8,11H2,1-2H3;4-5H,3H2,1-2H3/t14-,20?;/m0./s1. The molecular formula is C25H34F2N3O2P. The maximum atomic E-state index is 12.8. The Bertz CT molecular complexity index is 948. The summed E-state index contributed by atoms with van der Waals surface area (Å²) in [6.45, 7) is 10.3. The summed E-state index contributed by atoms with van der Waals surface area (Å²) in [6.07, 6.45) is 6.49. The van der Waals surface area contributed by atoms with Gasteiger partial charge in [-0.1, -0.05) is 34.6 Å². The van der Waals surface area contributed by atoms with Crippen molar-refractivity contribution in [1.29, 1.82) is 0 Å². The van der Waals surface area contributed by atoms with Crippen molar-refractivity contribution in [3.05, 3.63) is 59.5 Å². The number of halogens is 2. The minimum atomic E-state index is -2.13. The van der Waals surface area contributed by atoms with Crippen molar-refractivity contribution in [2.45, 2.75) is 52.4 Å². The van der Waals surface area contributed by atoms with Gasteiger partial charge in [0.1, 0.15) is 5.75 Å². The lowest BCUT2D eigenvalue weighted by Gasteiger charge is -2.39. The SMILES string of the molecule is CCC(C)C(F)F.Cc1cc(C2=CC(=O)N3C=C(N4CCN[C@@H](C)C4)C=CC3P2)ccc1O. The molecule has 0 spiro atoms. The Morgan fingerprint density at radius 3 is 2.70 bits per heavy atom. The lowest BCUT2D eigenvalue weighted by Crippen LogP contribution is -2.49. The van der Waals surface area contributed by atoms with Gasteiger partial charge in [-0.05, 0) is 54.9 Å². The molecule has 1 aromatic rings. The van der Waals surface area contributed by atoms with E-state index in [0.29, 0.717) is 21.0 Å². The number of amides is 1. The third-order valence-electron chi connectivity index (χ3n) is 6.16. The molecule has 0 aliphatic carbocycles. The van der Waals surface area contributed by atoms with Crippen LogP contribution in [0, 0.1) is 12.8 Å². The first-order valence-corrected chi connectivity index (χ1v) is 12.5. The van der Waals surface area contributed by atoms with Crippen LogP contribution in [0.2, 0.25) is 0 Å². The number of phenolic OH excluding ortho intramolecular Hbond substituents is 1. The van der Waals surface area contributed by atoms with E-state index in [2.05, 4.69) is 29.3 Å². The topological polar surface area (TPSA) is 55.8 Å². The predicted molar refractivity (Wildman–Crippen MR) is 131 cm³/mol. The van der Waals surface area contributed by atoms with Crippen molar-refractivity contribution >= 4 is 19.8 Å². The number of carbonyl (C=O) groups excluding carboxylic acids is 1. The van der Waals surface area contributed by atoms with Crippen LogP contribution in [0.25, 0.3) is 5.31 Å². The second-order valence-corrected chi connectivity index (χ2v) is 10.2. The molecule has 1 aromatic carbocycles. The van der Waals surface area contributed by atoms with Gasteiger partial charge < -0.3 is 20.2 Å². The molecule has 0 bridgehead atoms. The Morgan fingerprint density at radius 2 is 2.09 bits per heavy atom. The van der Waals surface area contributed by atoms with E-state index >= 15 is 0 Å². The number of alkyl halides is 2. The number of carbonyl (C=O) groups is 1.